The van der Waals surface area contributed by atoms with Gasteiger partial charge in [-0.25, -0.2) is 0 Å². The number of hydrogen-bond donors (Lipinski definition) is 1. The second kappa shape index (κ2) is 5.31. The van der Waals surface area contributed by atoms with E-state index < -0.39 is 0 Å². The standard InChI is InChI=1S/C13H28O2/c1-12(2,3)8-10(14)11(15-7)9-13(4,5)6/h10-11,14H,8-9H2,1-7H3. The van der Waals surface area contributed by atoms with Crippen molar-refractivity contribution in [2.45, 2.75) is 66.6 Å². The molecule has 1 N–H and O–H groups in total. The molecular weight excluding hydrogens is 188 g/mol. The molecule has 0 heterocycles. The highest BCUT2D eigenvalue weighted by molar-refractivity contribution is 4.79. The van der Waals surface area contributed by atoms with E-state index in [1.54, 1.807) is 7.11 Å². The molecule has 0 aromatic carbocycles. The van der Waals surface area contributed by atoms with Gasteiger partial charge in [0.1, 0.15) is 0 Å². The normalized spacial score (nSPS) is 17.6. The quantitative estimate of drug-likeness (QED) is 0.781. The Bertz CT molecular complexity index is 174. The highest BCUT2D eigenvalue weighted by Gasteiger charge is 2.28. The van der Waals surface area contributed by atoms with E-state index >= 15 is 0 Å². The van der Waals surface area contributed by atoms with Crippen molar-refractivity contribution in [3.8, 4) is 0 Å². The van der Waals surface area contributed by atoms with E-state index in [0.29, 0.717) is 0 Å². The first-order valence-electron chi connectivity index (χ1n) is 5.76. The fraction of sp³-hybridized carbons (Fsp3) is 1.00. The van der Waals surface area contributed by atoms with E-state index in [1.165, 1.54) is 0 Å². The third-order valence-electron chi connectivity index (χ3n) is 2.37. The zero-order valence-electron chi connectivity index (χ0n) is 11.4. The van der Waals surface area contributed by atoms with Crippen molar-refractivity contribution in [1.29, 1.82) is 0 Å². The number of hydrogen-bond acceptors (Lipinski definition) is 2. The van der Waals surface area contributed by atoms with Gasteiger partial charge in [-0.3, -0.25) is 0 Å². The smallest absolute Gasteiger partial charge is 0.0835 e. The minimum absolute atomic E-state index is 0.0516. The molecule has 0 aromatic heterocycles. The lowest BCUT2D eigenvalue weighted by Crippen LogP contribution is -2.34. The molecule has 0 rings (SSSR count). The molecule has 0 aromatic rings. The summed E-state index contributed by atoms with van der Waals surface area (Å²) in [6.07, 6.45) is 1.25. The van der Waals surface area contributed by atoms with Crippen LogP contribution < -0.4 is 0 Å². The van der Waals surface area contributed by atoms with Crippen LogP contribution in [0.25, 0.3) is 0 Å². The molecule has 0 aliphatic carbocycles. The predicted octanol–water partition coefficient (Wildman–Crippen LogP) is 3.23. The van der Waals surface area contributed by atoms with Crippen LogP contribution in [0, 0.1) is 10.8 Å². The van der Waals surface area contributed by atoms with Crippen LogP contribution in [0.1, 0.15) is 54.4 Å². The average molecular weight is 216 g/mol. The molecule has 0 amide bonds. The molecule has 0 spiro atoms. The molecule has 0 saturated heterocycles. The molecule has 0 bridgehead atoms. The van der Waals surface area contributed by atoms with E-state index in [4.69, 9.17) is 4.74 Å². The Kier molecular flexibility index (Phi) is 5.28. The third-order valence-corrected chi connectivity index (χ3v) is 2.37. The Labute approximate surface area is 95.0 Å². The summed E-state index contributed by atoms with van der Waals surface area (Å²) in [6.45, 7) is 12.9. The Morgan fingerprint density at radius 3 is 1.60 bits per heavy atom. The minimum Gasteiger partial charge on any atom is -0.390 e. The first-order valence-corrected chi connectivity index (χ1v) is 5.76. The van der Waals surface area contributed by atoms with E-state index in [-0.39, 0.29) is 23.0 Å². The molecule has 0 aliphatic heterocycles. The molecule has 0 fully saturated rings. The van der Waals surface area contributed by atoms with Gasteiger partial charge in [0.2, 0.25) is 0 Å². The summed E-state index contributed by atoms with van der Waals surface area (Å²) >= 11 is 0. The molecule has 0 saturated carbocycles. The van der Waals surface area contributed by atoms with Crippen LogP contribution in [0.15, 0.2) is 0 Å². The monoisotopic (exact) mass is 216 g/mol. The van der Waals surface area contributed by atoms with Crippen LogP contribution in [-0.4, -0.2) is 24.4 Å². The molecule has 2 atom stereocenters. The van der Waals surface area contributed by atoms with Gasteiger partial charge in [0.05, 0.1) is 12.2 Å². The first-order chi connectivity index (χ1) is 6.55. The van der Waals surface area contributed by atoms with Crippen LogP contribution in [0.5, 0.6) is 0 Å². The summed E-state index contributed by atoms with van der Waals surface area (Å²) < 4.78 is 5.38. The van der Waals surface area contributed by atoms with E-state index in [0.717, 1.165) is 12.8 Å². The highest BCUT2D eigenvalue weighted by atomic mass is 16.5. The zero-order chi connectivity index (χ0) is 12.3. The number of methoxy groups -OCH3 is 1. The Morgan fingerprint density at radius 2 is 1.33 bits per heavy atom. The molecule has 2 nitrogen and oxygen atoms in total. The van der Waals surface area contributed by atoms with Gasteiger partial charge in [0.25, 0.3) is 0 Å². The topological polar surface area (TPSA) is 29.5 Å². The molecule has 0 aliphatic rings. The second-order valence-electron chi connectivity index (χ2n) is 6.87. The van der Waals surface area contributed by atoms with Crippen LogP contribution in [-0.2, 0) is 4.74 Å². The fourth-order valence-corrected chi connectivity index (χ4v) is 1.74. The van der Waals surface area contributed by atoms with Crippen molar-refractivity contribution < 1.29 is 9.84 Å². The van der Waals surface area contributed by atoms with Gasteiger partial charge in [-0.2, -0.15) is 0 Å². The highest BCUT2D eigenvalue weighted by Crippen LogP contribution is 2.28. The molecule has 92 valence electrons. The SMILES string of the molecule is COC(CC(C)(C)C)C(O)CC(C)(C)C. The van der Waals surface area contributed by atoms with Gasteiger partial charge < -0.3 is 9.84 Å². The summed E-state index contributed by atoms with van der Waals surface area (Å²) in [4.78, 5) is 0. The lowest BCUT2D eigenvalue weighted by Gasteiger charge is -2.31. The van der Waals surface area contributed by atoms with Crippen molar-refractivity contribution >= 4 is 0 Å². The van der Waals surface area contributed by atoms with Crippen LogP contribution >= 0.6 is 0 Å². The molecule has 2 heteroatoms. The maximum atomic E-state index is 10.1. The van der Waals surface area contributed by atoms with E-state index in [2.05, 4.69) is 41.5 Å². The summed E-state index contributed by atoms with van der Waals surface area (Å²) in [7, 11) is 1.68. The Balaban J connectivity index is 4.29. The lowest BCUT2D eigenvalue weighted by molar-refractivity contribution is -0.0476. The molecule has 0 radical (unpaired) electrons. The molecule has 2 unspecified atom stereocenters. The Hall–Kier alpha value is -0.0800. The predicted molar refractivity (Wildman–Crippen MR) is 64.9 cm³/mol. The second-order valence-corrected chi connectivity index (χ2v) is 6.87. The van der Waals surface area contributed by atoms with Crippen molar-refractivity contribution in [2.24, 2.45) is 10.8 Å². The van der Waals surface area contributed by atoms with Gasteiger partial charge >= 0.3 is 0 Å². The minimum atomic E-state index is -0.366. The number of aliphatic hydroxyl groups excluding tert-OH is 1. The van der Waals surface area contributed by atoms with Crippen LogP contribution in [0.3, 0.4) is 0 Å². The maximum absolute atomic E-state index is 10.1. The van der Waals surface area contributed by atoms with Crippen LogP contribution in [0.4, 0.5) is 0 Å². The van der Waals surface area contributed by atoms with E-state index in [9.17, 15) is 5.11 Å². The fourth-order valence-electron chi connectivity index (χ4n) is 1.74. The van der Waals surface area contributed by atoms with Crippen molar-refractivity contribution in [3.05, 3.63) is 0 Å². The van der Waals surface area contributed by atoms with Crippen molar-refractivity contribution in [3.63, 3.8) is 0 Å². The number of rotatable bonds is 4. The van der Waals surface area contributed by atoms with Gasteiger partial charge in [-0.15, -0.1) is 0 Å². The largest absolute Gasteiger partial charge is 0.390 e. The van der Waals surface area contributed by atoms with Gasteiger partial charge in [-0.1, -0.05) is 41.5 Å². The summed E-state index contributed by atoms with van der Waals surface area (Å²) in [5.41, 5.74) is 0.341. The summed E-state index contributed by atoms with van der Waals surface area (Å²) in [5, 5.41) is 10.1. The first kappa shape index (κ1) is 14.9. The van der Waals surface area contributed by atoms with Gasteiger partial charge in [-0.05, 0) is 23.7 Å². The molecule has 15 heavy (non-hydrogen) atoms. The summed E-state index contributed by atoms with van der Waals surface area (Å²) in [5.74, 6) is 0. The third kappa shape index (κ3) is 7.80. The number of aliphatic hydroxyl groups is 1. The van der Waals surface area contributed by atoms with Gasteiger partial charge in [0, 0.05) is 7.11 Å². The lowest BCUT2D eigenvalue weighted by atomic mass is 9.82. The zero-order valence-corrected chi connectivity index (χ0v) is 11.4. The summed E-state index contributed by atoms with van der Waals surface area (Å²) in [6, 6.07) is 0. The van der Waals surface area contributed by atoms with Crippen molar-refractivity contribution in [1.82, 2.24) is 0 Å². The van der Waals surface area contributed by atoms with E-state index in [1.807, 2.05) is 0 Å². The van der Waals surface area contributed by atoms with Crippen molar-refractivity contribution in [2.75, 3.05) is 7.11 Å². The average Bonchev–Trinajstić information content (AvgIpc) is 1.94. The van der Waals surface area contributed by atoms with Crippen LogP contribution in [0.2, 0.25) is 0 Å². The molecular formula is C13H28O2. The maximum Gasteiger partial charge on any atom is 0.0835 e. The number of ether oxygens (including phenoxy) is 1. The Morgan fingerprint density at radius 1 is 0.933 bits per heavy atom. The van der Waals surface area contributed by atoms with Gasteiger partial charge in [0.15, 0.2) is 0 Å².